The van der Waals surface area contributed by atoms with Gasteiger partial charge in [0.1, 0.15) is 17.9 Å². The summed E-state index contributed by atoms with van der Waals surface area (Å²) in [6.45, 7) is -0.135. The first-order valence-corrected chi connectivity index (χ1v) is 6.64. The van der Waals surface area contributed by atoms with Crippen LogP contribution in [-0.2, 0) is 14.3 Å². The largest absolute Gasteiger partial charge is 0.509 e. The molecule has 0 unspecified atom stereocenters. The highest BCUT2D eigenvalue weighted by Crippen LogP contribution is 2.35. The van der Waals surface area contributed by atoms with Crippen LogP contribution in [0.2, 0.25) is 5.02 Å². The smallest absolute Gasteiger partial charge is 0.170 e. The van der Waals surface area contributed by atoms with E-state index in [-0.39, 0.29) is 48.3 Å². The van der Waals surface area contributed by atoms with Crippen molar-refractivity contribution in [2.24, 2.45) is 0 Å². The number of ether oxygens (including phenoxy) is 1. The highest BCUT2D eigenvalue weighted by molar-refractivity contribution is 6.31. The molecule has 0 radical (unpaired) electrons. The van der Waals surface area contributed by atoms with Crippen LogP contribution in [0.1, 0.15) is 24.3 Å². The summed E-state index contributed by atoms with van der Waals surface area (Å²) in [4.78, 5) is 24.2. The van der Waals surface area contributed by atoms with Gasteiger partial charge in [0, 0.05) is 25.0 Å². The predicted molar refractivity (Wildman–Crippen MR) is 75.0 cm³/mol. The number of ketones is 2. The van der Waals surface area contributed by atoms with Crippen LogP contribution >= 0.6 is 11.6 Å². The Hall–Kier alpha value is -1.65. The average Bonchev–Trinajstić information content (AvgIpc) is 2.38. The first-order chi connectivity index (χ1) is 9.54. The van der Waals surface area contributed by atoms with E-state index in [1.807, 2.05) is 12.1 Å². The predicted octanol–water partition coefficient (Wildman–Crippen LogP) is 2.81. The number of allylic oxidation sites excluding steroid dienone is 1. The van der Waals surface area contributed by atoms with Gasteiger partial charge < -0.3 is 9.84 Å². The van der Waals surface area contributed by atoms with Crippen LogP contribution in [0.4, 0.5) is 0 Å². The second-order valence-corrected chi connectivity index (χ2v) is 5.13. The number of benzene rings is 1. The van der Waals surface area contributed by atoms with E-state index in [0.29, 0.717) is 5.02 Å². The maximum Gasteiger partial charge on any atom is 0.170 e. The number of aliphatic hydroxyl groups is 1. The molecule has 1 aliphatic carbocycles. The normalized spacial score (nSPS) is 19.3. The Kier molecular flexibility index (Phi) is 4.57. The van der Waals surface area contributed by atoms with Crippen molar-refractivity contribution in [3.63, 3.8) is 0 Å². The minimum Gasteiger partial charge on any atom is -0.509 e. The van der Waals surface area contributed by atoms with E-state index in [4.69, 9.17) is 16.3 Å². The fraction of sp³-hybridized carbons (Fsp3) is 0.333. The lowest BCUT2D eigenvalue weighted by Crippen LogP contribution is -2.27. The van der Waals surface area contributed by atoms with Crippen molar-refractivity contribution in [1.29, 1.82) is 0 Å². The highest BCUT2D eigenvalue weighted by Gasteiger charge is 2.34. The molecule has 106 valence electrons. The Bertz CT molecular complexity index is 557. The number of hydrogen-bond acceptors (Lipinski definition) is 4. The molecule has 5 heteroatoms. The minimum absolute atomic E-state index is 0.129. The van der Waals surface area contributed by atoms with Gasteiger partial charge in [0.25, 0.3) is 0 Å². The van der Waals surface area contributed by atoms with Crippen molar-refractivity contribution in [2.45, 2.75) is 18.8 Å². The van der Waals surface area contributed by atoms with Gasteiger partial charge in [0.15, 0.2) is 11.6 Å². The number of halogens is 1. The number of hydrogen-bond donors (Lipinski definition) is 1. The molecule has 0 saturated heterocycles. The number of Topliss-reactive ketones (excluding diaryl/α,β-unsaturated/α-hetero) is 2. The summed E-state index contributed by atoms with van der Waals surface area (Å²) < 4.78 is 4.75. The summed E-state index contributed by atoms with van der Waals surface area (Å²) in [5.41, 5.74) is 0.663. The molecule has 2 rings (SSSR count). The number of methoxy groups -OCH3 is 1. The summed E-state index contributed by atoms with van der Waals surface area (Å²) >= 11 is 6.10. The van der Waals surface area contributed by atoms with E-state index in [1.165, 1.54) is 7.11 Å². The van der Waals surface area contributed by atoms with Crippen LogP contribution in [0.25, 0.3) is 0 Å². The van der Waals surface area contributed by atoms with E-state index in [9.17, 15) is 14.7 Å². The fourth-order valence-corrected chi connectivity index (χ4v) is 2.73. The lowest BCUT2D eigenvalue weighted by atomic mass is 9.79. The molecule has 0 atom stereocenters. The first-order valence-electron chi connectivity index (χ1n) is 6.26. The molecule has 0 aliphatic heterocycles. The van der Waals surface area contributed by atoms with Crippen LogP contribution in [0.5, 0.6) is 0 Å². The standard InChI is InChI=1S/C15H15ClO4/c1-20-8-14(19)15-12(17)6-9(7-13(15)18)10-4-2-3-5-11(10)16/h2-5,9,19H,6-8H2,1H3. The summed E-state index contributed by atoms with van der Waals surface area (Å²) in [5.74, 6) is -1.25. The summed E-state index contributed by atoms with van der Waals surface area (Å²) in [6.07, 6.45) is 0.331. The first kappa shape index (κ1) is 14.8. The monoisotopic (exact) mass is 294 g/mol. The van der Waals surface area contributed by atoms with Crippen molar-refractivity contribution in [1.82, 2.24) is 0 Å². The van der Waals surface area contributed by atoms with E-state index in [2.05, 4.69) is 0 Å². The quantitative estimate of drug-likeness (QED) is 0.529. The van der Waals surface area contributed by atoms with Crippen molar-refractivity contribution < 1.29 is 19.4 Å². The van der Waals surface area contributed by atoms with Crippen molar-refractivity contribution in [3.05, 3.63) is 46.2 Å². The fourth-order valence-electron chi connectivity index (χ4n) is 2.44. The topological polar surface area (TPSA) is 63.6 Å². The zero-order valence-corrected chi connectivity index (χ0v) is 11.8. The Labute approximate surface area is 122 Å². The second kappa shape index (κ2) is 6.20. The Balaban J connectivity index is 2.27. The Morgan fingerprint density at radius 1 is 1.30 bits per heavy atom. The molecule has 4 nitrogen and oxygen atoms in total. The van der Waals surface area contributed by atoms with Gasteiger partial charge in [-0.25, -0.2) is 0 Å². The minimum atomic E-state index is -0.360. The SMILES string of the molecule is COCC(O)=C1C(=O)CC(c2ccccc2Cl)CC1=O. The summed E-state index contributed by atoms with van der Waals surface area (Å²) in [6, 6.07) is 7.18. The third-order valence-electron chi connectivity index (χ3n) is 3.34. The molecule has 1 fully saturated rings. The number of aliphatic hydroxyl groups excluding tert-OH is 1. The van der Waals surface area contributed by atoms with E-state index >= 15 is 0 Å². The van der Waals surface area contributed by atoms with Crippen LogP contribution < -0.4 is 0 Å². The third-order valence-corrected chi connectivity index (χ3v) is 3.68. The van der Waals surface area contributed by atoms with Crippen LogP contribution in [0.3, 0.4) is 0 Å². The van der Waals surface area contributed by atoms with E-state index in [0.717, 1.165) is 5.56 Å². The zero-order chi connectivity index (χ0) is 14.7. The molecule has 1 aliphatic rings. The number of carbonyl (C=O) groups excluding carboxylic acids is 2. The average molecular weight is 295 g/mol. The van der Waals surface area contributed by atoms with Gasteiger partial charge in [0.2, 0.25) is 0 Å². The lowest BCUT2D eigenvalue weighted by molar-refractivity contribution is -0.124. The number of carbonyl (C=O) groups is 2. The maximum atomic E-state index is 12.1. The Morgan fingerprint density at radius 2 is 1.90 bits per heavy atom. The van der Waals surface area contributed by atoms with E-state index in [1.54, 1.807) is 12.1 Å². The van der Waals surface area contributed by atoms with Gasteiger partial charge in [-0.2, -0.15) is 0 Å². The van der Waals surface area contributed by atoms with Gasteiger partial charge in [-0.3, -0.25) is 9.59 Å². The lowest BCUT2D eigenvalue weighted by Gasteiger charge is -2.23. The molecule has 0 amide bonds. The third kappa shape index (κ3) is 2.92. The molecule has 0 heterocycles. The molecule has 0 bridgehead atoms. The molecular formula is C15H15ClO4. The number of rotatable bonds is 3. The highest BCUT2D eigenvalue weighted by atomic mass is 35.5. The molecule has 1 aromatic rings. The van der Waals surface area contributed by atoms with Crippen molar-refractivity contribution >= 4 is 23.2 Å². The molecule has 0 aromatic heterocycles. The van der Waals surface area contributed by atoms with Crippen LogP contribution in [-0.4, -0.2) is 30.4 Å². The van der Waals surface area contributed by atoms with Gasteiger partial charge in [-0.1, -0.05) is 29.8 Å². The maximum absolute atomic E-state index is 12.1. The van der Waals surface area contributed by atoms with Gasteiger partial charge >= 0.3 is 0 Å². The molecule has 1 N–H and O–H groups in total. The van der Waals surface area contributed by atoms with Crippen molar-refractivity contribution in [3.8, 4) is 0 Å². The Morgan fingerprint density at radius 3 is 2.45 bits per heavy atom. The van der Waals surface area contributed by atoms with E-state index < -0.39 is 0 Å². The van der Waals surface area contributed by atoms with Gasteiger partial charge in [-0.05, 0) is 17.5 Å². The van der Waals surface area contributed by atoms with Crippen LogP contribution in [0.15, 0.2) is 35.6 Å². The molecule has 0 spiro atoms. The molecular weight excluding hydrogens is 280 g/mol. The molecule has 1 saturated carbocycles. The summed E-state index contributed by atoms with van der Waals surface area (Å²) in [5, 5.41) is 10.3. The molecule has 1 aromatic carbocycles. The summed E-state index contributed by atoms with van der Waals surface area (Å²) in [7, 11) is 1.39. The van der Waals surface area contributed by atoms with Crippen LogP contribution in [0, 0.1) is 0 Å². The zero-order valence-electron chi connectivity index (χ0n) is 11.1. The van der Waals surface area contributed by atoms with Gasteiger partial charge in [0.05, 0.1) is 0 Å². The van der Waals surface area contributed by atoms with Crippen molar-refractivity contribution in [2.75, 3.05) is 13.7 Å². The second-order valence-electron chi connectivity index (χ2n) is 4.73. The molecule has 20 heavy (non-hydrogen) atoms. The van der Waals surface area contributed by atoms with Gasteiger partial charge in [-0.15, -0.1) is 0 Å².